The first-order chi connectivity index (χ1) is 9.74. The Kier molecular flexibility index (Phi) is 7.63. The third-order valence-electron chi connectivity index (χ3n) is 5.56. The Labute approximate surface area is 132 Å². The molecule has 0 atom stereocenters. The van der Waals surface area contributed by atoms with Gasteiger partial charge in [0.25, 0.3) is 0 Å². The molecule has 0 amide bonds. The van der Waals surface area contributed by atoms with Crippen LogP contribution in [-0.4, -0.2) is 55.7 Å². The van der Waals surface area contributed by atoms with Gasteiger partial charge in [-0.15, -0.1) is 0 Å². The van der Waals surface area contributed by atoms with Gasteiger partial charge in [0.15, 0.2) is 0 Å². The highest BCUT2D eigenvalue weighted by atomic mass is 19.1. The quantitative estimate of drug-likeness (QED) is 0.759. The lowest BCUT2D eigenvalue weighted by Crippen LogP contribution is -2.42. The molecule has 0 spiro atoms. The van der Waals surface area contributed by atoms with E-state index in [4.69, 9.17) is 0 Å². The van der Waals surface area contributed by atoms with Gasteiger partial charge < -0.3 is 9.80 Å². The van der Waals surface area contributed by atoms with Gasteiger partial charge in [0.2, 0.25) is 0 Å². The van der Waals surface area contributed by atoms with Gasteiger partial charge in [-0.25, -0.2) is 4.39 Å². The highest BCUT2D eigenvalue weighted by Gasteiger charge is 2.36. The molecule has 2 aliphatic heterocycles. The normalized spacial score (nSPS) is 25.0. The van der Waals surface area contributed by atoms with Crippen LogP contribution in [0.15, 0.2) is 0 Å². The molecule has 0 aromatic heterocycles. The summed E-state index contributed by atoms with van der Waals surface area (Å²) in [6.45, 7) is 13.1. The van der Waals surface area contributed by atoms with Crippen molar-refractivity contribution in [3.8, 4) is 0 Å². The summed E-state index contributed by atoms with van der Waals surface area (Å²) in [6.07, 6.45) is 4.24. The molecule has 126 valence electrons. The Hall–Kier alpha value is -0.150. The molecule has 0 radical (unpaired) electrons. The lowest BCUT2D eigenvalue weighted by molar-refractivity contribution is 0.0277. The van der Waals surface area contributed by atoms with E-state index in [0.29, 0.717) is 12.8 Å². The van der Waals surface area contributed by atoms with Crippen LogP contribution >= 0.6 is 0 Å². The zero-order valence-corrected chi connectivity index (χ0v) is 15.2. The van der Waals surface area contributed by atoms with E-state index in [1.165, 1.54) is 25.9 Å². The number of halogens is 1. The van der Waals surface area contributed by atoms with Crippen LogP contribution in [0.25, 0.3) is 0 Å². The van der Waals surface area contributed by atoms with Crippen molar-refractivity contribution in [3.63, 3.8) is 0 Å². The van der Waals surface area contributed by atoms with E-state index in [0.717, 1.165) is 24.9 Å². The van der Waals surface area contributed by atoms with Crippen LogP contribution in [0.3, 0.4) is 0 Å². The summed E-state index contributed by atoms with van der Waals surface area (Å²) < 4.78 is 13.8. The third-order valence-corrected chi connectivity index (χ3v) is 5.56. The standard InChI is InChI=1S/C9H18FN.C9H19N/c1-8(2)9(10)4-6-11(3)7-5-9;1-8(2)9-4-6-10(3)7-5-9/h8H,4-7H2,1-3H3;8-9H,4-7H2,1-3H3. The molecular formula is C18H37FN2. The van der Waals surface area contributed by atoms with E-state index in [9.17, 15) is 4.39 Å². The minimum Gasteiger partial charge on any atom is -0.306 e. The summed E-state index contributed by atoms with van der Waals surface area (Å²) >= 11 is 0. The molecule has 3 heteroatoms. The summed E-state index contributed by atoms with van der Waals surface area (Å²) in [7, 11) is 4.27. The minimum atomic E-state index is -0.882. The first kappa shape index (κ1) is 18.9. The Morgan fingerprint density at radius 3 is 1.67 bits per heavy atom. The predicted molar refractivity (Wildman–Crippen MR) is 90.5 cm³/mol. The summed E-state index contributed by atoms with van der Waals surface area (Å²) in [4.78, 5) is 4.62. The summed E-state index contributed by atoms with van der Waals surface area (Å²) in [6, 6.07) is 0. The predicted octanol–water partition coefficient (Wildman–Crippen LogP) is 4.06. The van der Waals surface area contributed by atoms with Crippen LogP contribution in [0, 0.1) is 17.8 Å². The molecule has 21 heavy (non-hydrogen) atoms. The van der Waals surface area contributed by atoms with Crippen molar-refractivity contribution in [1.29, 1.82) is 0 Å². The molecule has 2 heterocycles. The lowest BCUT2D eigenvalue weighted by atomic mass is 9.83. The Morgan fingerprint density at radius 1 is 0.857 bits per heavy atom. The largest absolute Gasteiger partial charge is 0.306 e. The molecule has 0 aliphatic carbocycles. The van der Waals surface area contributed by atoms with Crippen molar-refractivity contribution >= 4 is 0 Å². The van der Waals surface area contributed by atoms with Crippen LogP contribution in [0.4, 0.5) is 4.39 Å². The second-order valence-electron chi connectivity index (χ2n) is 7.88. The molecule has 0 unspecified atom stereocenters. The van der Waals surface area contributed by atoms with Crippen LogP contribution in [-0.2, 0) is 0 Å². The highest BCUT2D eigenvalue weighted by molar-refractivity contribution is 4.87. The average molecular weight is 301 g/mol. The van der Waals surface area contributed by atoms with Crippen LogP contribution in [0.5, 0.6) is 0 Å². The van der Waals surface area contributed by atoms with E-state index in [1.54, 1.807) is 0 Å². The molecule has 2 nitrogen and oxygen atoms in total. The number of piperidine rings is 2. The van der Waals surface area contributed by atoms with Crippen molar-refractivity contribution in [2.45, 2.75) is 59.0 Å². The van der Waals surface area contributed by atoms with E-state index >= 15 is 0 Å². The fraction of sp³-hybridized carbons (Fsp3) is 1.00. The topological polar surface area (TPSA) is 6.48 Å². The second-order valence-corrected chi connectivity index (χ2v) is 7.88. The zero-order valence-electron chi connectivity index (χ0n) is 15.2. The van der Waals surface area contributed by atoms with Gasteiger partial charge in [0, 0.05) is 13.1 Å². The number of alkyl halides is 1. The molecular weight excluding hydrogens is 263 g/mol. The summed E-state index contributed by atoms with van der Waals surface area (Å²) in [5.41, 5.74) is -0.882. The van der Waals surface area contributed by atoms with Gasteiger partial charge in [-0.05, 0) is 70.6 Å². The maximum absolute atomic E-state index is 13.8. The Bertz CT molecular complexity index is 275. The van der Waals surface area contributed by atoms with Gasteiger partial charge >= 0.3 is 0 Å². The molecule has 0 saturated carbocycles. The molecule has 0 aromatic rings. The Balaban J connectivity index is 0.000000211. The highest BCUT2D eigenvalue weighted by Crippen LogP contribution is 2.32. The van der Waals surface area contributed by atoms with Crippen molar-refractivity contribution in [3.05, 3.63) is 0 Å². The number of nitrogens with zero attached hydrogens (tertiary/aromatic N) is 2. The van der Waals surface area contributed by atoms with Gasteiger partial charge in [-0.3, -0.25) is 0 Å². The van der Waals surface area contributed by atoms with E-state index in [2.05, 4.69) is 37.7 Å². The maximum Gasteiger partial charge on any atom is 0.115 e. The zero-order chi connectivity index (χ0) is 16.0. The van der Waals surface area contributed by atoms with Crippen LogP contribution in [0.1, 0.15) is 53.4 Å². The van der Waals surface area contributed by atoms with Crippen LogP contribution in [0.2, 0.25) is 0 Å². The van der Waals surface area contributed by atoms with E-state index in [1.807, 2.05) is 13.8 Å². The third kappa shape index (κ3) is 6.23. The van der Waals surface area contributed by atoms with Gasteiger partial charge in [-0.1, -0.05) is 27.7 Å². The molecule has 2 rings (SSSR count). The molecule has 2 aliphatic rings. The number of hydrogen-bond donors (Lipinski definition) is 0. The van der Waals surface area contributed by atoms with E-state index < -0.39 is 5.67 Å². The minimum absolute atomic E-state index is 0.177. The second kappa shape index (κ2) is 8.47. The maximum atomic E-state index is 13.8. The first-order valence-corrected chi connectivity index (χ1v) is 8.80. The van der Waals surface area contributed by atoms with E-state index in [-0.39, 0.29) is 5.92 Å². The van der Waals surface area contributed by atoms with Gasteiger partial charge in [0.05, 0.1) is 0 Å². The fourth-order valence-corrected chi connectivity index (χ4v) is 3.26. The Morgan fingerprint density at radius 2 is 1.29 bits per heavy atom. The van der Waals surface area contributed by atoms with Crippen molar-refractivity contribution in [1.82, 2.24) is 9.80 Å². The monoisotopic (exact) mass is 300 g/mol. The lowest BCUT2D eigenvalue weighted by Gasteiger charge is -2.37. The number of likely N-dealkylation sites (tertiary alicyclic amines) is 2. The van der Waals surface area contributed by atoms with Gasteiger partial charge in [-0.2, -0.15) is 0 Å². The molecule has 0 aromatic carbocycles. The number of rotatable bonds is 2. The van der Waals surface area contributed by atoms with Crippen molar-refractivity contribution in [2.75, 3.05) is 40.3 Å². The summed E-state index contributed by atoms with van der Waals surface area (Å²) in [5, 5.41) is 0. The summed E-state index contributed by atoms with van der Waals surface area (Å²) in [5.74, 6) is 2.07. The first-order valence-electron chi connectivity index (χ1n) is 8.80. The van der Waals surface area contributed by atoms with Gasteiger partial charge in [0.1, 0.15) is 5.67 Å². The molecule has 0 N–H and O–H groups in total. The van der Waals surface area contributed by atoms with Crippen molar-refractivity contribution in [2.24, 2.45) is 17.8 Å². The molecule has 0 bridgehead atoms. The smallest absolute Gasteiger partial charge is 0.115 e. The number of hydrogen-bond acceptors (Lipinski definition) is 2. The SMILES string of the molecule is CC(C)C1(F)CCN(C)CC1.CC(C)C1CCN(C)CC1. The molecule has 2 fully saturated rings. The average Bonchev–Trinajstić information content (AvgIpc) is 2.43. The molecule has 2 saturated heterocycles. The van der Waals surface area contributed by atoms with Crippen LogP contribution < -0.4 is 0 Å². The fourth-order valence-electron chi connectivity index (χ4n) is 3.26. The van der Waals surface area contributed by atoms with Crippen molar-refractivity contribution < 1.29 is 4.39 Å².